The van der Waals surface area contributed by atoms with Crippen LogP contribution in [0.15, 0.2) is 24.5 Å². The van der Waals surface area contributed by atoms with Crippen LogP contribution in [-0.4, -0.2) is 18.1 Å². The summed E-state index contributed by atoms with van der Waals surface area (Å²) in [5.41, 5.74) is 1.33. The average Bonchev–Trinajstić information content (AvgIpc) is 2.29. The molecule has 1 N–H and O–H groups in total. The minimum atomic E-state index is 0.895. The predicted molar refractivity (Wildman–Crippen MR) is 63.5 cm³/mol. The summed E-state index contributed by atoms with van der Waals surface area (Å²) in [6, 6.07) is 4.11. The van der Waals surface area contributed by atoms with E-state index in [9.17, 15) is 0 Å². The zero-order valence-corrected chi connectivity index (χ0v) is 9.08. The maximum absolute atomic E-state index is 5.17. The normalized spacial score (nSPS) is 9.80. The van der Waals surface area contributed by atoms with Gasteiger partial charge in [-0.25, -0.2) is 0 Å². The molecule has 1 heterocycles. The standard InChI is InChI=1S/C13H18N2/c1-2-3-4-5-9-14-10-6-13-7-11-15-12-8-13/h1,7-8,11-12,14H,3-6,9-10H2. The fraction of sp³-hybridized carbons (Fsp3) is 0.462. The summed E-state index contributed by atoms with van der Waals surface area (Å²) in [5.74, 6) is 2.65. The van der Waals surface area contributed by atoms with Crippen molar-refractivity contribution in [2.24, 2.45) is 0 Å². The summed E-state index contributed by atoms with van der Waals surface area (Å²) in [7, 11) is 0. The molecule has 2 nitrogen and oxygen atoms in total. The molecule has 15 heavy (non-hydrogen) atoms. The number of unbranched alkanes of at least 4 members (excludes halogenated alkanes) is 2. The third-order valence-electron chi connectivity index (χ3n) is 2.26. The van der Waals surface area contributed by atoms with Gasteiger partial charge in [-0.2, -0.15) is 0 Å². The molecule has 1 rings (SSSR count). The van der Waals surface area contributed by atoms with E-state index in [1.54, 1.807) is 0 Å². The lowest BCUT2D eigenvalue weighted by Crippen LogP contribution is -2.18. The Hall–Kier alpha value is -1.33. The number of aromatic nitrogens is 1. The molecule has 0 amide bonds. The highest BCUT2D eigenvalue weighted by Gasteiger charge is 1.91. The van der Waals surface area contributed by atoms with Crippen molar-refractivity contribution in [1.29, 1.82) is 0 Å². The van der Waals surface area contributed by atoms with Crippen LogP contribution in [0.5, 0.6) is 0 Å². The first-order chi connectivity index (χ1) is 7.43. The molecule has 2 heteroatoms. The molecule has 0 saturated carbocycles. The van der Waals surface area contributed by atoms with E-state index < -0.39 is 0 Å². The maximum atomic E-state index is 5.17. The van der Waals surface area contributed by atoms with Gasteiger partial charge in [0.05, 0.1) is 0 Å². The highest BCUT2D eigenvalue weighted by Crippen LogP contribution is 1.96. The molecule has 0 bridgehead atoms. The molecule has 80 valence electrons. The van der Waals surface area contributed by atoms with Gasteiger partial charge in [0.15, 0.2) is 0 Å². The van der Waals surface area contributed by atoms with Crippen LogP contribution in [0.3, 0.4) is 0 Å². The molecular weight excluding hydrogens is 184 g/mol. The molecule has 0 aromatic carbocycles. The SMILES string of the molecule is C#CCCCCNCCc1ccncc1. The van der Waals surface area contributed by atoms with E-state index in [-0.39, 0.29) is 0 Å². The molecule has 0 unspecified atom stereocenters. The van der Waals surface area contributed by atoms with Crippen molar-refractivity contribution >= 4 is 0 Å². The van der Waals surface area contributed by atoms with Gasteiger partial charge in [0.25, 0.3) is 0 Å². The minimum absolute atomic E-state index is 0.895. The number of nitrogens with zero attached hydrogens (tertiary/aromatic N) is 1. The number of terminal acetylenes is 1. The van der Waals surface area contributed by atoms with Crippen molar-refractivity contribution in [1.82, 2.24) is 10.3 Å². The Morgan fingerprint density at radius 2 is 2.00 bits per heavy atom. The van der Waals surface area contributed by atoms with E-state index in [1.807, 2.05) is 12.4 Å². The first kappa shape index (κ1) is 11.7. The average molecular weight is 202 g/mol. The Kier molecular flexibility index (Phi) is 6.28. The van der Waals surface area contributed by atoms with Crippen LogP contribution in [0.1, 0.15) is 24.8 Å². The highest BCUT2D eigenvalue weighted by atomic mass is 14.8. The van der Waals surface area contributed by atoms with Crippen LogP contribution in [0.25, 0.3) is 0 Å². The number of pyridine rings is 1. The first-order valence-corrected chi connectivity index (χ1v) is 5.46. The summed E-state index contributed by atoms with van der Waals surface area (Å²) >= 11 is 0. The van der Waals surface area contributed by atoms with Crippen LogP contribution in [-0.2, 0) is 6.42 Å². The summed E-state index contributed by atoms with van der Waals surface area (Å²) < 4.78 is 0. The Labute approximate surface area is 92.1 Å². The maximum Gasteiger partial charge on any atom is 0.0270 e. The van der Waals surface area contributed by atoms with E-state index >= 15 is 0 Å². The number of hydrogen-bond donors (Lipinski definition) is 1. The van der Waals surface area contributed by atoms with E-state index in [2.05, 4.69) is 28.4 Å². The number of rotatable bonds is 7. The van der Waals surface area contributed by atoms with Gasteiger partial charge in [0, 0.05) is 18.8 Å². The molecular formula is C13H18N2. The lowest BCUT2D eigenvalue weighted by atomic mass is 10.2. The lowest BCUT2D eigenvalue weighted by molar-refractivity contribution is 0.629. The molecule has 0 fully saturated rings. The second kappa shape index (κ2) is 8.02. The van der Waals surface area contributed by atoms with Gasteiger partial charge in [-0.15, -0.1) is 12.3 Å². The van der Waals surface area contributed by atoms with Crippen LogP contribution < -0.4 is 5.32 Å². The van der Waals surface area contributed by atoms with Crippen molar-refractivity contribution < 1.29 is 0 Å². The number of nitrogens with one attached hydrogen (secondary N) is 1. The minimum Gasteiger partial charge on any atom is -0.316 e. The monoisotopic (exact) mass is 202 g/mol. The molecule has 1 aromatic heterocycles. The van der Waals surface area contributed by atoms with E-state index in [0.29, 0.717) is 0 Å². The zero-order chi connectivity index (χ0) is 10.8. The van der Waals surface area contributed by atoms with Crippen molar-refractivity contribution in [2.75, 3.05) is 13.1 Å². The molecule has 0 aliphatic carbocycles. The van der Waals surface area contributed by atoms with Crippen molar-refractivity contribution in [3.05, 3.63) is 30.1 Å². The van der Waals surface area contributed by atoms with Gasteiger partial charge in [0.1, 0.15) is 0 Å². The zero-order valence-electron chi connectivity index (χ0n) is 9.08. The molecule has 0 atom stereocenters. The summed E-state index contributed by atoms with van der Waals surface area (Å²) in [5, 5.41) is 3.40. The second-order valence-electron chi connectivity index (χ2n) is 3.52. The largest absolute Gasteiger partial charge is 0.316 e. The van der Waals surface area contributed by atoms with Gasteiger partial charge in [-0.1, -0.05) is 0 Å². The Bertz CT molecular complexity index is 287. The topological polar surface area (TPSA) is 24.9 Å². The van der Waals surface area contributed by atoms with Crippen LogP contribution in [0, 0.1) is 12.3 Å². The summed E-state index contributed by atoms with van der Waals surface area (Å²) in [6.45, 7) is 2.09. The first-order valence-electron chi connectivity index (χ1n) is 5.46. The molecule has 0 aliphatic rings. The third-order valence-corrected chi connectivity index (χ3v) is 2.26. The van der Waals surface area contributed by atoms with Gasteiger partial charge in [-0.3, -0.25) is 4.98 Å². The van der Waals surface area contributed by atoms with Crippen LogP contribution >= 0.6 is 0 Å². The fourth-order valence-electron chi connectivity index (χ4n) is 1.38. The summed E-state index contributed by atoms with van der Waals surface area (Å²) in [6.07, 6.45) is 13.1. The van der Waals surface area contributed by atoms with Crippen molar-refractivity contribution in [2.45, 2.75) is 25.7 Å². The molecule has 0 aliphatic heterocycles. The Balaban J connectivity index is 1.96. The van der Waals surface area contributed by atoms with Gasteiger partial charge in [-0.05, 0) is 50.0 Å². The van der Waals surface area contributed by atoms with Gasteiger partial charge >= 0.3 is 0 Å². The predicted octanol–water partition coefficient (Wildman–Crippen LogP) is 2.02. The van der Waals surface area contributed by atoms with Crippen molar-refractivity contribution in [3.8, 4) is 12.3 Å². The van der Waals surface area contributed by atoms with E-state index in [0.717, 1.165) is 32.4 Å². The molecule has 0 saturated heterocycles. The second-order valence-corrected chi connectivity index (χ2v) is 3.52. The smallest absolute Gasteiger partial charge is 0.0270 e. The molecule has 1 aromatic rings. The number of hydrogen-bond acceptors (Lipinski definition) is 2. The Morgan fingerprint density at radius 3 is 2.73 bits per heavy atom. The lowest BCUT2D eigenvalue weighted by Gasteiger charge is -2.03. The van der Waals surface area contributed by atoms with E-state index in [1.165, 1.54) is 12.0 Å². The van der Waals surface area contributed by atoms with Crippen LogP contribution in [0.4, 0.5) is 0 Å². The fourth-order valence-corrected chi connectivity index (χ4v) is 1.38. The van der Waals surface area contributed by atoms with E-state index in [4.69, 9.17) is 6.42 Å². The van der Waals surface area contributed by atoms with Crippen molar-refractivity contribution in [3.63, 3.8) is 0 Å². The van der Waals surface area contributed by atoms with Gasteiger partial charge in [0.2, 0.25) is 0 Å². The third kappa shape index (κ3) is 5.87. The van der Waals surface area contributed by atoms with Gasteiger partial charge < -0.3 is 5.32 Å². The summed E-state index contributed by atoms with van der Waals surface area (Å²) in [4.78, 5) is 3.98. The Morgan fingerprint density at radius 1 is 1.20 bits per heavy atom. The quantitative estimate of drug-likeness (QED) is 0.540. The molecule has 0 radical (unpaired) electrons. The van der Waals surface area contributed by atoms with Crippen LogP contribution in [0.2, 0.25) is 0 Å². The highest BCUT2D eigenvalue weighted by molar-refractivity contribution is 5.09. The molecule has 0 spiro atoms.